The quantitative estimate of drug-likeness (QED) is 0.428. The number of nitrogens with one attached hydrogen (secondary N) is 2. The van der Waals surface area contributed by atoms with Crippen molar-refractivity contribution in [3.05, 3.63) is 18.3 Å². The van der Waals surface area contributed by atoms with Crippen LogP contribution in [0.4, 0.5) is 11.5 Å². The highest BCUT2D eigenvalue weighted by Gasteiger charge is 2.24. The van der Waals surface area contributed by atoms with Gasteiger partial charge in [-0.3, -0.25) is 0 Å². The van der Waals surface area contributed by atoms with Crippen LogP contribution in [0.1, 0.15) is 26.7 Å². The van der Waals surface area contributed by atoms with Crippen molar-refractivity contribution in [1.29, 1.82) is 0 Å². The van der Waals surface area contributed by atoms with Crippen molar-refractivity contribution < 1.29 is 5.11 Å². The number of hydrogen-bond donors (Lipinski definition) is 4. The van der Waals surface area contributed by atoms with E-state index in [0.29, 0.717) is 5.82 Å². The normalized spacial score (nSPS) is 11.3. The molecule has 1 rings (SSSR count). The van der Waals surface area contributed by atoms with Crippen LogP contribution < -0.4 is 16.6 Å². The minimum Gasteiger partial charge on any atom is -0.396 e. The number of aliphatic hydroxyl groups excluding tert-OH is 1. The monoisotopic (exact) mass is 238 g/mol. The summed E-state index contributed by atoms with van der Waals surface area (Å²) >= 11 is 0. The van der Waals surface area contributed by atoms with Gasteiger partial charge in [0.1, 0.15) is 5.82 Å². The molecule has 1 heterocycles. The van der Waals surface area contributed by atoms with E-state index in [1.807, 2.05) is 12.1 Å². The summed E-state index contributed by atoms with van der Waals surface area (Å²) in [6, 6.07) is 3.72. The Labute approximate surface area is 102 Å². The Kier molecular flexibility index (Phi) is 5.18. The van der Waals surface area contributed by atoms with Gasteiger partial charge in [0.05, 0.1) is 6.61 Å². The standard InChI is InChI=1S/C12H22N4O/c1-3-12(4-2,9-17)8-15-10-5-6-14-11(7-10)16-13/h5-7,17H,3-4,8-9,13H2,1-2H3,(H2,14,15,16). The second-order valence-corrected chi connectivity index (χ2v) is 4.29. The largest absolute Gasteiger partial charge is 0.396 e. The summed E-state index contributed by atoms with van der Waals surface area (Å²) in [4.78, 5) is 4.04. The summed E-state index contributed by atoms with van der Waals surface area (Å²) in [6.07, 6.45) is 3.58. The van der Waals surface area contributed by atoms with Gasteiger partial charge in [0.25, 0.3) is 0 Å². The molecule has 5 N–H and O–H groups in total. The van der Waals surface area contributed by atoms with Gasteiger partial charge in [0.2, 0.25) is 0 Å². The van der Waals surface area contributed by atoms with Crippen LogP contribution in [0, 0.1) is 5.41 Å². The molecule has 0 bridgehead atoms. The second kappa shape index (κ2) is 6.42. The van der Waals surface area contributed by atoms with Crippen molar-refractivity contribution in [3.63, 3.8) is 0 Å². The molecule has 0 aliphatic heterocycles. The van der Waals surface area contributed by atoms with Crippen molar-refractivity contribution in [3.8, 4) is 0 Å². The van der Waals surface area contributed by atoms with Crippen molar-refractivity contribution in [2.75, 3.05) is 23.9 Å². The van der Waals surface area contributed by atoms with Crippen LogP contribution in [0.3, 0.4) is 0 Å². The van der Waals surface area contributed by atoms with Crippen LogP contribution >= 0.6 is 0 Å². The topological polar surface area (TPSA) is 83.2 Å². The van der Waals surface area contributed by atoms with Gasteiger partial charge >= 0.3 is 0 Å². The van der Waals surface area contributed by atoms with E-state index in [1.54, 1.807) is 6.20 Å². The zero-order valence-electron chi connectivity index (χ0n) is 10.5. The molecule has 0 aliphatic rings. The molecule has 0 aliphatic carbocycles. The lowest BCUT2D eigenvalue weighted by atomic mass is 9.83. The van der Waals surface area contributed by atoms with E-state index >= 15 is 0 Å². The average Bonchev–Trinajstić information content (AvgIpc) is 2.41. The third kappa shape index (κ3) is 3.57. The van der Waals surface area contributed by atoms with E-state index < -0.39 is 0 Å². The van der Waals surface area contributed by atoms with Gasteiger partial charge in [-0.05, 0) is 18.9 Å². The first kappa shape index (κ1) is 13.7. The van der Waals surface area contributed by atoms with Crippen LogP contribution in [0.15, 0.2) is 18.3 Å². The predicted molar refractivity (Wildman–Crippen MR) is 70.6 cm³/mol. The van der Waals surface area contributed by atoms with Gasteiger partial charge in [-0.15, -0.1) is 0 Å². The summed E-state index contributed by atoms with van der Waals surface area (Å²) in [5.41, 5.74) is 3.40. The van der Waals surface area contributed by atoms with Gasteiger partial charge in [-0.25, -0.2) is 10.8 Å². The van der Waals surface area contributed by atoms with E-state index in [-0.39, 0.29) is 12.0 Å². The molecule has 5 heteroatoms. The zero-order chi connectivity index (χ0) is 12.7. The molecule has 0 saturated heterocycles. The fraction of sp³-hybridized carbons (Fsp3) is 0.583. The van der Waals surface area contributed by atoms with Crippen LogP contribution in [-0.2, 0) is 0 Å². The molecular weight excluding hydrogens is 216 g/mol. The van der Waals surface area contributed by atoms with Crippen molar-refractivity contribution >= 4 is 11.5 Å². The highest BCUT2D eigenvalue weighted by Crippen LogP contribution is 2.26. The zero-order valence-corrected chi connectivity index (χ0v) is 10.5. The maximum Gasteiger partial charge on any atom is 0.141 e. The van der Waals surface area contributed by atoms with Gasteiger partial charge in [0.15, 0.2) is 0 Å². The number of rotatable bonds is 7. The first-order valence-electron chi connectivity index (χ1n) is 5.97. The molecule has 0 atom stereocenters. The molecule has 0 spiro atoms. The maximum absolute atomic E-state index is 9.47. The highest BCUT2D eigenvalue weighted by atomic mass is 16.3. The molecule has 0 saturated carbocycles. The summed E-state index contributed by atoms with van der Waals surface area (Å²) in [5.74, 6) is 5.92. The Bertz CT molecular complexity index is 331. The molecule has 1 aromatic heterocycles. The molecular formula is C12H22N4O. The minimum atomic E-state index is -0.0560. The number of hydrazine groups is 1. The van der Waals surface area contributed by atoms with Crippen LogP contribution in [0.25, 0.3) is 0 Å². The second-order valence-electron chi connectivity index (χ2n) is 4.29. The van der Waals surface area contributed by atoms with Gasteiger partial charge < -0.3 is 15.8 Å². The molecule has 0 fully saturated rings. The van der Waals surface area contributed by atoms with E-state index in [4.69, 9.17) is 5.84 Å². The van der Waals surface area contributed by atoms with Crippen LogP contribution in [0.2, 0.25) is 0 Å². The summed E-state index contributed by atoms with van der Waals surface area (Å²) in [7, 11) is 0. The number of hydrogen-bond acceptors (Lipinski definition) is 5. The number of nitrogens with two attached hydrogens (primary N) is 1. The fourth-order valence-electron chi connectivity index (χ4n) is 1.69. The lowest BCUT2D eigenvalue weighted by Crippen LogP contribution is -2.32. The molecule has 17 heavy (non-hydrogen) atoms. The Balaban J connectivity index is 2.65. The number of nitrogens with zero attached hydrogens (tertiary/aromatic N) is 1. The third-order valence-electron chi connectivity index (χ3n) is 3.41. The molecule has 1 aromatic rings. The SMILES string of the molecule is CCC(CC)(CO)CNc1ccnc(NN)c1. The Morgan fingerprint density at radius 2 is 2.12 bits per heavy atom. The minimum absolute atomic E-state index is 0.0560. The summed E-state index contributed by atoms with van der Waals surface area (Å²) in [6.45, 7) is 5.13. The lowest BCUT2D eigenvalue weighted by Gasteiger charge is -2.30. The van der Waals surface area contributed by atoms with E-state index in [2.05, 4.69) is 29.6 Å². The number of pyridine rings is 1. The molecule has 0 unspecified atom stereocenters. The molecule has 0 amide bonds. The van der Waals surface area contributed by atoms with Crippen molar-refractivity contribution in [1.82, 2.24) is 4.98 Å². The maximum atomic E-state index is 9.47. The van der Waals surface area contributed by atoms with Crippen molar-refractivity contribution in [2.45, 2.75) is 26.7 Å². The smallest absolute Gasteiger partial charge is 0.141 e. The van der Waals surface area contributed by atoms with E-state index in [1.165, 1.54) is 0 Å². The molecule has 5 nitrogen and oxygen atoms in total. The van der Waals surface area contributed by atoms with Crippen LogP contribution in [0.5, 0.6) is 0 Å². The Hall–Kier alpha value is -1.33. The summed E-state index contributed by atoms with van der Waals surface area (Å²) in [5, 5.41) is 12.8. The Morgan fingerprint density at radius 1 is 1.41 bits per heavy atom. The first-order valence-corrected chi connectivity index (χ1v) is 5.97. The fourth-order valence-corrected chi connectivity index (χ4v) is 1.69. The lowest BCUT2D eigenvalue weighted by molar-refractivity contribution is 0.127. The summed E-state index contributed by atoms with van der Waals surface area (Å²) < 4.78 is 0. The third-order valence-corrected chi connectivity index (χ3v) is 3.41. The number of aliphatic hydroxyl groups is 1. The Morgan fingerprint density at radius 3 is 2.65 bits per heavy atom. The van der Waals surface area contributed by atoms with E-state index in [9.17, 15) is 5.11 Å². The molecule has 0 aromatic carbocycles. The average molecular weight is 238 g/mol. The number of nitrogen functional groups attached to an aromatic ring is 1. The van der Waals surface area contributed by atoms with Gasteiger partial charge in [-0.1, -0.05) is 13.8 Å². The van der Waals surface area contributed by atoms with E-state index in [0.717, 1.165) is 25.1 Å². The predicted octanol–water partition coefficient (Wildman–Crippen LogP) is 1.58. The molecule has 0 radical (unpaired) electrons. The van der Waals surface area contributed by atoms with Gasteiger partial charge in [0, 0.05) is 29.9 Å². The highest BCUT2D eigenvalue weighted by molar-refractivity contribution is 5.51. The van der Waals surface area contributed by atoms with Crippen LogP contribution in [-0.4, -0.2) is 23.2 Å². The number of aromatic nitrogens is 1. The van der Waals surface area contributed by atoms with Gasteiger partial charge in [-0.2, -0.15) is 0 Å². The number of anilines is 2. The molecule has 96 valence electrons. The first-order chi connectivity index (χ1) is 8.19. The van der Waals surface area contributed by atoms with Crippen molar-refractivity contribution in [2.24, 2.45) is 11.3 Å².